The molecule has 0 fully saturated rings. The average Bonchev–Trinajstić information content (AvgIpc) is 2.61. The molecule has 0 unspecified atom stereocenters. The molecule has 2 N–H and O–H groups in total. The monoisotopic (exact) mass is 372 g/mol. The number of halogens is 2. The van der Waals surface area contributed by atoms with Gasteiger partial charge in [-0.15, -0.1) is 0 Å². The molecule has 1 aromatic heterocycles. The van der Waals surface area contributed by atoms with Crippen molar-refractivity contribution < 1.29 is 4.79 Å². The van der Waals surface area contributed by atoms with E-state index < -0.39 is 0 Å². The summed E-state index contributed by atoms with van der Waals surface area (Å²) >= 11 is 11.9. The van der Waals surface area contributed by atoms with Gasteiger partial charge in [-0.3, -0.25) is 4.79 Å². The van der Waals surface area contributed by atoms with Crippen LogP contribution in [0.25, 0.3) is 0 Å². The van der Waals surface area contributed by atoms with E-state index in [9.17, 15) is 4.79 Å². The van der Waals surface area contributed by atoms with Crippen molar-refractivity contribution in [1.82, 2.24) is 9.97 Å². The molecule has 0 spiro atoms. The molecule has 3 aromatic rings. The predicted octanol–water partition coefficient (Wildman–Crippen LogP) is 5.09. The minimum atomic E-state index is -0.302. The van der Waals surface area contributed by atoms with Gasteiger partial charge in [0, 0.05) is 33.8 Å². The van der Waals surface area contributed by atoms with E-state index in [0.717, 1.165) is 11.3 Å². The summed E-state index contributed by atoms with van der Waals surface area (Å²) in [7, 11) is 0. The van der Waals surface area contributed by atoms with E-state index >= 15 is 0 Å². The first-order valence-corrected chi connectivity index (χ1v) is 8.19. The summed E-state index contributed by atoms with van der Waals surface area (Å²) in [5.74, 6) is 0.0845. The average molecular weight is 373 g/mol. The van der Waals surface area contributed by atoms with Gasteiger partial charge in [-0.1, -0.05) is 29.3 Å². The first-order valence-electron chi connectivity index (χ1n) is 7.44. The van der Waals surface area contributed by atoms with Gasteiger partial charge in [-0.25, -0.2) is 9.97 Å². The Bertz CT molecular complexity index is 896. The van der Waals surface area contributed by atoms with Crippen LogP contribution in [0.1, 0.15) is 15.9 Å². The van der Waals surface area contributed by atoms with Crippen molar-refractivity contribution in [2.24, 2.45) is 0 Å². The fraction of sp³-hybridized carbons (Fsp3) is 0.0556. The van der Waals surface area contributed by atoms with Crippen LogP contribution in [0.15, 0.2) is 54.9 Å². The molecular weight excluding hydrogens is 359 g/mol. The standard InChI is InChI=1S/C18H14Cl2N4O/c1-11-15(20)3-2-4-16(11)24-17(25)12-9-21-18(22-10-12)23-14-7-5-13(19)6-8-14/h2-10H,1H3,(H,24,25)(H,21,22,23). The number of benzene rings is 2. The Labute approximate surface area is 155 Å². The van der Waals surface area contributed by atoms with Crippen molar-refractivity contribution in [3.05, 3.63) is 76.0 Å². The van der Waals surface area contributed by atoms with E-state index in [-0.39, 0.29) is 5.91 Å². The van der Waals surface area contributed by atoms with E-state index in [1.54, 1.807) is 30.3 Å². The lowest BCUT2D eigenvalue weighted by atomic mass is 10.2. The largest absolute Gasteiger partial charge is 0.324 e. The fourth-order valence-corrected chi connectivity index (χ4v) is 2.41. The highest BCUT2D eigenvalue weighted by Crippen LogP contribution is 2.23. The molecular formula is C18H14Cl2N4O. The van der Waals surface area contributed by atoms with Crippen LogP contribution in [0, 0.1) is 6.92 Å². The van der Waals surface area contributed by atoms with Crippen LogP contribution in [0.2, 0.25) is 10.0 Å². The lowest BCUT2D eigenvalue weighted by Gasteiger charge is -2.09. The Morgan fingerprint density at radius 1 is 1.00 bits per heavy atom. The third-order valence-corrected chi connectivity index (χ3v) is 4.19. The van der Waals surface area contributed by atoms with E-state index in [2.05, 4.69) is 20.6 Å². The normalized spacial score (nSPS) is 10.4. The third kappa shape index (κ3) is 4.26. The Hall–Kier alpha value is -2.63. The van der Waals surface area contributed by atoms with Gasteiger partial charge in [0.25, 0.3) is 5.91 Å². The Balaban J connectivity index is 1.70. The quantitative estimate of drug-likeness (QED) is 0.669. The van der Waals surface area contributed by atoms with Gasteiger partial charge in [0.1, 0.15) is 0 Å². The highest BCUT2D eigenvalue weighted by Gasteiger charge is 2.10. The van der Waals surface area contributed by atoms with E-state index in [1.165, 1.54) is 12.4 Å². The molecule has 25 heavy (non-hydrogen) atoms. The lowest BCUT2D eigenvalue weighted by molar-refractivity contribution is 0.102. The van der Waals surface area contributed by atoms with Crippen molar-refractivity contribution in [1.29, 1.82) is 0 Å². The topological polar surface area (TPSA) is 66.9 Å². The molecule has 2 aromatic carbocycles. The maximum atomic E-state index is 12.3. The molecule has 0 aliphatic rings. The van der Waals surface area contributed by atoms with Crippen molar-refractivity contribution >= 4 is 46.4 Å². The lowest BCUT2D eigenvalue weighted by Crippen LogP contribution is -2.14. The number of carbonyl (C=O) groups excluding carboxylic acids is 1. The summed E-state index contributed by atoms with van der Waals surface area (Å²) in [5.41, 5.74) is 2.61. The van der Waals surface area contributed by atoms with Crippen LogP contribution in [0.4, 0.5) is 17.3 Å². The highest BCUT2D eigenvalue weighted by atomic mass is 35.5. The number of nitrogens with one attached hydrogen (secondary N) is 2. The number of hydrogen-bond donors (Lipinski definition) is 2. The van der Waals surface area contributed by atoms with Crippen molar-refractivity contribution in [2.75, 3.05) is 10.6 Å². The molecule has 0 radical (unpaired) electrons. The second-order valence-corrected chi connectivity index (χ2v) is 6.14. The van der Waals surface area contributed by atoms with E-state index in [0.29, 0.717) is 27.2 Å². The van der Waals surface area contributed by atoms with Crippen LogP contribution < -0.4 is 10.6 Å². The van der Waals surface area contributed by atoms with Crippen molar-refractivity contribution in [3.8, 4) is 0 Å². The smallest absolute Gasteiger partial charge is 0.258 e. The minimum Gasteiger partial charge on any atom is -0.324 e. The summed E-state index contributed by atoms with van der Waals surface area (Å²) in [6.07, 6.45) is 2.92. The SMILES string of the molecule is Cc1c(Cl)cccc1NC(=O)c1cnc(Nc2ccc(Cl)cc2)nc1. The fourth-order valence-electron chi connectivity index (χ4n) is 2.11. The Morgan fingerprint density at radius 2 is 1.68 bits per heavy atom. The zero-order valence-electron chi connectivity index (χ0n) is 13.3. The summed E-state index contributed by atoms with van der Waals surface area (Å²) < 4.78 is 0. The van der Waals surface area contributed by atoms with Gasteiger partial charge in [0.05, 0.1) is 5.56 Å². The van der Waals surface area contributed by atoms with Crippen LogP contribution >= 0.6 is 23.2 Å². The Kier molecular flexibility index (Phi) is 5.16. The first-order chi connectivity index (χ1) is 12.0. The molecule has 0 saturated carbocycles. The van der Waals surface area contributed by atoms with Gasteiger partial charge in [0.15, 0.2) is 0 Å². The second-order valence-electron chi connectivity index (χ2n) is 5.29. The third-order valence-electron chi connectivity index (χ3n) is 3.53. The molecule has 0 aliphatic heterocycles. The van der Waals surface area contributed by atoms with Crippen LogP contribution in [-0.4, -0.2) is 15.9 Å². The van der Waals surface area contributed by atoms with Crippen LogP contribution in [0.5, 0.6) is 0 Å². The summed E-state index contributed by atoms with van der Waals surface area (Å²) in [6, 6.07) is 12.5. The molecule has 1 heterocycles. The molecule has 5 nitrogen and oxygen atoms in total. The van der Waals surface area contributed by atoms with Gasteiger partial charge in [-0.05, 0) is 48.9 Å². The zero-order chi connectivity index (χ0) is 17.8. The van der Waals surface area contributed by atoms with E-state index in [4.69, 9.17) is 23.2 Å². The number of nitrogens with zero attached hydrogens (tertiary/aromatic N) is 2. The van der Waals surface area contributed by atoms with Crippen LogP contribution in [0.3, 0.4) is 0 Å². The molecule has 0 aliphatic carbocycles. The predicted molar refractivity (Wildman–Crippen MR) is 101 cm³/mol. The van der Waals surface area contributed by atoms with Crippen molar-refractivity contribution in [3.63, 3.8) is 0 Å². The van der Waals surface area contributed by atoms with E-state index in [1.807, 2.05) is 19.1 Å². The molecule has 7 heteroatoms. The van der Waals surface area contributed by atoms with Crippen LogP contribution in [-0.2, 0) is 0 Å². The number of carbonyl (C=O) groups is 1. The van der Waals surface area contributed by atoms with Gasteiger partial charge in [-0.2, -0.15) is 0 Å². The number of aromatic nitrogens is 2. The van der Waals surface area contributed by atoms with Crippen molar-refractivity contribution in [2.45, 2.75) is 6.92 Å². The number of anilines is 3. The molecule has 0 atom stereocenters. The summed E-state index contributed by atoms with van der Waals surface area (Å²) in [5, 5.41) is 7.08. The van der Waals surface area contributed by atoms with Gasteiger partial charge >= 0.3 is 0 Å². The zero-order valence-corrected chi connectivity index (χ0v) is 14.8. The number of rotatable bonds is 4. The minimum absolute atomic E-state index is 0.302. The Morgan fingerprint density at radius 3 is 2.36 bits per heavy atom. The highest BCUT2D eigenvalue weighted by molar-refractivity contribution is 6.31. The van der Waals surface area contributed by atoms with Gasteiger partial charge < -0.3 is 10.6 Å². The second kappa shape index (κ2) is 7.51. The molecule has 0 bridgehead atoms. The summed E-state index contributed by atoms with van der Waals surface area (Å²) in [6.45, 7) is 1.84. The maximum Gasteiger partial charge on any atom is 0.258 e. The summed E-state index contributed by atoms with van der Waals surface area (Å²) in [4.78, 5) is 20.6. The molecule has 0 saturated heterocycles. The molecule has 1 amide bonds. The number of amides is 1. The molecule has 3 rings (SSSR count). The maximum absolute atomic E-state index is 12.3. The number of hydrogen-bond acceptors (Lipinski definition) is 4. The first kappa shape index (κ1) is 17.2. The van der Waals surface area contributed by atoms with Gasteiger partial charge in [0.2, 0.25) is 5.95 Å². The molecule has 126 valence electrons.